The van der Waals surface area contributed by atoms with E-state index < -0.39 is 34.1 Å². The maximum atomic E-state index is 12.5. The Morgan fingerprint density at radius 1 is 1.30 bits per heavy atom. The molecule has 144 valence electrons. The van der Waals surface area contributed by atoms with Crippen LogP contribution in [-0.2, 0) is 25.6 Å². The van der Waals surface area contributed by atoms with Gasteiger partial charge < -0.3 is 15.3 Å². The number of carbonyl (C=O) groups excluding carboxylic acids is 3. The number of carbonyl (C=O) groups is 4. The van der Waals surface area contributed by atoms with E-state index in [1.807, 2.05) is 30.3 Å². The molecule has 0 unspecified atom stereocenters. The lowest BCUT2D eigenvalue weighted by molar-refractivity contribution is -0.161. The SMILES string of the molecule is CC(=O)SC[C@]1(C)S[C@@H]2[C@H](NC(=O)Cc3ccccc3)C(=O)N2[C@H]1C(=O)O. The normalized spacial score (nSPS) is 29.0. The highest BCUT2D eigenvalue weighted by Crippen LogP contribution is 2.52. The highest BCUT2D eigenvalue weighted by Gasteiger charge is 2.65. The lowest BCUT2D eigenvalue weighted by Crippen LogP contribution is -2.70. The highest BCUT2D eigenvalue weighted by molar-refractivity contribution is 8.14. The maximum Gasteiger partial charge on any atom is 0.327 e. The molecule has 0 aliphatic carbocycles. The van der Waals surface area contributed by atoms with Crippen molar-refractivity contribution in [3.63, 3.8) is 0 Å². The van der Waals surface area contributed by atoms with Crippen LogP contribution in [0.5, 0.6) is 0 Å². The molecule has 2 heterocycles. The number of nitrogens with one attached hydrogen (secondary N) is 1. The van der Waals surface area contributed by atoms with Crippen molar-refractivity contribution in [2.45, 2.75) is 42.5 Å². The molecule has 1 aromatic carbocycles. The van der Waals surface area contributed by atoms with Gasteiger partial charge in [-0.15, -0.1) is 11.8 Å². The summed E-state index contributed by atoms with van der Waals surface area (Å²) in [5.74, 6) is -1.48. The van der Waals surface area contributed by atoms with E-state index in [2.05, 4.69) is 5.32 Å². The molecule has 3 rings (SSSR count). The second-order valence-corrected chi connectivity index (χ2v) is 9.60. The number of carboxylic acid groups (broad SMARTS) is 1. The maximum absolute atomic E-state index is 12.5. The summed E-state index contributed by atoms with van der Waals surface area (Å²) in [5, 5.41) is 11.8. The Hall–Kier alpha value is -2.00. The number of hydrogen-bond donors (Lipinski definition) is 2. The van der Waals surface area contributed by atoms with Crippen LogP contribution in [0.4, 0.5) is 0 Å². The molecule has 27 heavy (non-hydrogen) atoms. The molecule has 0 aromatic heterocycles. The molecule has 1 aromatic rings. The number of thioether (sulfide) groups is 2. The van der Waals surface area contributed by atoms with Crippen molar-refractivity contribution in [1.29, 1.82) is 0 Å². The van der Waals surface area contributed by atoms with Crippen LogP contribution in [0.1, 0.15) is 19.4 Å². The molecular weight excluding hydrogens is 388 g/mol. The minimum absolute atomic E-state index is 0.103. The second kappa shape index (κ2) is 7.55. The number of hydrogen-bond acceptors (Lipinski definition) is 6. The van der Waals surface area contributed by atoms with E-state index in [-0.39, 0.29) is 23.2 Å². The first-order valence-electron chi connectivity index (χ1n) is 8.42. The summed E-state index contributed by atoms with van der Waals surface area (Å²) in [5.41, 5.74) is 0.837. The summed E-state index contributed by atoms with van der Waals surface area (Å²) >= 11 is 2.39. The molecule has 0 saturated carbocycles. The molecule has 2 aliphatic heterocycles. The summed E-state index contributed by atoms with van der Waals surface area (Å²) < 4.78 is -0.804. The summed E-state index contributed by atoms with van der Waals surface area (Å²) in [7, 11) is 0. The molecule has 7 nitrogen and oxygen atoms in total. The van der Waals surface area contributed by atoms with Crippen LogP contribution in [-0.4, -0.2) is 60.9 Å². The zero-order chi connectivity index (χ0) is 19.8. The van der Waals surface area contributed by atoms with Gasteiger partial charge in [0.15, 0.2) is 5.12 Å². The van der Waals surface area contributed by atoms with E-state index in [4.69, 9.17) is 0 Å². The molecule has 0 spiro atoms. The Morgan fingerprint density at radius 2 is 1.96 bits per heavy atom. The lowest BCUT2D eigenvalue weighted by atomic mass is 9.95. The molecule has 2 amide bonds. The summed E-state index contributed by atoms with van der Waals surface area (Å²) in [4.78, 5) is 49.2. The molecule has 0 bridgehead atoms. The number of amides is 2. The molecule has 4 atom stereocenters. The third-order valence-electron chi connectivity index (χ3n) is 4.65. The number of benzene rings is 1. The van der Waals surface area contributed by atoms with Gasteiger partial charge in [0.05, 0.1) is 11.2 Å². The average Bonchev–Trinajstić information content (AvgIpc) is 2.89. The average molecular weight is 409 g/mol. The van der Waals surface area contributed by atoms with Crippen LogP contribution in [0.25, 0.3) is 0 Å². The number of β-lactam (4-membered cyclic amide) rings is 1. The van der Waals surface area contributed by atoms with Gasteiger partial charge in [-0.1, -0.05) is 42.1 Å². The molecule has 2 aliphatic rings. The minimum Gasteiger partial charge on any atom is -0.480 e. The first-order chi connectivity index (χ1) is 12.7. The number of carboxylic acids is 1. The van der Waals surface area contributed by atoms with Crippen molar-refractivity contribution in [3.05, 3.63) is 35.9 Å². The Bertz CT molecular complexity index is 787. The summed E-state index contributed by atoms with van der Waals surface area (Å²) in [6.07, 6.45) is 0.155. The van der Waals surface area contributed by atoms with Crippen LogP contribution in [0.2, 0.25) is 0 Å². The first kappa shape index (κ1) is 19.8. The fourth-order valence-corrected chi connectivity index (χ4v) is 6.05. The van der Waals surface area contributed by atoms with Crippen LogP contribution < -0.4 is 5.32 Å². The molecule has 2 N–H and O–H groups in total. The van der Waals surface area contributed by atoms with Gasteiger partial charge >= 0.3 is 5.97 Å². The number of rotatable bonds is 6. The van der Waals surface area contributed by atoms with Gasteiger partial charge in [0, 0.05) is 12.7 Å². The Labute approximate surface area is 165 Å². The molecule has 2 fully saturated rings. The van der Waals surface area contributed by atoms with E-state index in [1.165, 1.54) is 23.6 Å². The van der Waals surface area contributed by atoms with Gasteiger partial charge in [-0.25, -0.2) is 4.79 Å². The minimum atomic E-state index is -1.10. The van der Waals surface area contributed by atoms with Crippen molar-refractivity contribution in [2.24, 2.45) is 0 Å². The van der Waals surface area contributed by atoms with Gasteiger partial charge in [0.1, 0.15) is 17.5 Å². The predicted molar refractivity (Wildman–Crippen MR) is 103 cm³/mol. The Balaban J connectivity index is 1.69. The van der Waals surface area contributed by atoms with E-state index in [1.54, 1.807) is 6.92 Å². The van der Waals surface area contributed by atoms with E-state index in [0.29, 0.717) is 0 Å². The zero-order valence-corrected chi connectivity index (χ0v) is 16.5. The molecule has 0 radical (unpaired) electrons. The standard InChI is InChI=1S/C18H20N2O5S2/c1-10(21)26-9-18(2)14(17(24)25)20-15(23)13(16(20)27-18)19-12(22)8-11-6-4-3-5-7-11/h3-7,13-14,16H,8-9H2,1-2H3,(H,19,22)(H,24,25)/t13-,14+,16-,18+/m1/s1. The van der Waals surface area contributed by atoms with E-state index in [9.17, 15) is 24.3 Å². The fourth-order valence-electron chi connectivity index (χ4n) is 3.40. The van der Waals surface area contributed by atoms with Crippen molar-refractivity contribution in [2.75, 3.05) is 5.75 Å². The van der Waals surface area contributed by atoms with Crippen molar-refractivity contribution in [3.8, 4) is 0 Å². The van der Waals surface area contributed by atoms with E-state index >= 15 is 0 Å². The third kappa shape index (κ3) is 3.84. The Kier molecular flexibility index (Phi) is 5.53. The topological polar surface area (TPSA) is 104 Å². The van der Waals surface area contributed by atoms with Crippen LogP contribution in [0.15, 0.2) is 30.3 Å². The molecule has 2 saturated heterocycles. The second-order valence-electron chi connectivity index (χ2n) is 6.80. The van der Waals surface area contributed by atoms with Gasteiger partial charge in [-0.05, 0) is 12.5 Å². The quantitative estimate of drug-likeness (QED) is 0.680. The predicted octanol–water partition coefficient (Wildman–Crippen LogP) is 1.12. The largest absolute Gasteiger partial charge is 0.480 e. The number of fused-ring (bicyclic) bond motifs is 1. The fraction of sp³-hybridized carbons (Fsp3) is 0.444. The highest BCUT2D eigenvalue weighted by atomic mass is 32.2. The Morgan fingerprint density at radius 3 is 2.56 bits per heavy atom. The van der Waals surface area contributed by atoms with Crippen LogP contribution in [0.3, 0.4) is 0 Å². The van der Waals surface area contributed by atoms with Crippen LogP contribution in [0, 0.1) is 0 Å². The summed E-state index contributed by atoms with van der Waals surface area (Å²) in [6, 6.07) is 7.43. The molecule has 9 heteroatoms. The third-order valence-corrected chi connectivity index (χ3v) is 7.63. The van der Waals surface area contributed by atoms with Crippen molar-refractivity contribution >= 4 is 46.4 Å². The first-order valence-corrected chi connectivity index (χ1v) is 10.3. The van der Waals surface area contributed by atoms with Crippen LogP contribution >= 0.6 is 23.5 Å². The van der Waals surface area contributed by atoms with Gasteiger partial charge in [-0.3, -0.25) is 14.4 Å². The van der Waals surface area contributed by atoms with E-state index in [0.717, 1.165) is 17.3 Å². The summed E-state index contributed by atoms with van der Waals surface area (Å²) in [6.45, 7) is 3.18. The number of aliphatic carboxylic acids is 1. The van der Waals surface area contributed by atoms with Crippen molar-refractivity contribution in [1.82, 2.24) is 10.2 Å². The lowest BCUT2D eigenvalue weighted by Gasteiger charge is -2.43. The monoisotopic (exact) mass is 408 g/mol. The van der Waals surface area contributed by atoms with Gasteiger partial charge in [-0.2, -0.15) is 0 Å². The van der Waals surface area contributed by atoms with Gasteiger partial charge in [0.25, 0.3) is 0 Å². The zero-order valence-electron chi connectivity index (χ0n) is 14.9. The van der Waals surface area contributed by atoms with Gasteiger partial charge in [0.2, 0.25) is 11.8 Å². The molecular formula is C18H20N2O5S2. The smallest absolute Gasteiger partial charge is 0.327 e. The number of nitrogens with zero attached hydrogens (tertiary/aromatic N) is 1. The van der Waals surface area contributed by atoms with Crippen molar-refractivity contribution < 1.29 is 24.3 Å².